The molecule has 18 heavy (non-hydrogen) atoms. The van der Waals surface area contributed by atoms with E-state index in [0.717, 1.165) is 22.3 Å². The van der Waals surface area contributed by atoms with Crippen LogP contribution in [-0.4, -0.2) is 12.5 Å². The van der Waals surface area contributed by atoms with Gasteiger partial charge in [-0.2, -0.15) is 0 Å². The number of furan rings is 1. The summed E-state index contributed by atoms with van der Waals surface area (Å²) in [5, 5.41) is 1.15. The van der Waals surface area contributed by atoms with Gasteiger partial charge in [0.05, 0.1) is 0 Å². The molecule has 0 bridgehead atoms. The van der Waals surface area contributed by atoms with Gasteiger partial charge in [0.1, 0.15) is 23.9 Å². The van der Waals surface area contributed by atoms with E-state index in [1.807, 2.05) is 18.2 Å². The molecule has 1 aromatic heterocycles. The molecular weight excluding hydrogens is 240 g/mol. The highest BCUT2D eigenvalue weighted by molar-refractivity contribution is 7.95. The summed E-state index contributed by atoms with van der Waals surface area (Å²) in [6, 6.07) is 18.9. The van der Waals surface area contributed by atoms with Crippen molar-refractivity contribution in [2.75, 3.05) is 12.5 Å². The van der Waals surface area contributed by atoms with Crippen LogP contribution in [0.5, 0.6) is 0 Å². The summed E-state index contributed by atoms with van der Waals surface area (Å²) in [4.78, 5) is 1.38. The number of rotatable bonds is 2. The zero-order valence-corrected chi connectivity index (χ0v) is 11.3. The van der Waals surface area contributed by atoms with Gasteiger partial charge in [0.25, 0.3) is 0 Å². The van der Waals surface area contributed by atoms with Crippen LogP contribution in [0.1, 0.15) is 0 Å². The molecule has 0 radical (unpaired) electrons. The summed E-state index contributed by atoms with van der Waals surface area (Å²) in [5.41, 5.74) is 2.09. The molecule has 0 N–H and O–H groups in total. The summed E-state index contributed by atoms with van der Waals surface area (Å²) in [6.45, 7) is 0. The summed E-state index contributed by atoms with van der Waals surface area (Å²) in [6.07, 6.45) is 4.46. The average Bonchev–Trinajstić information content (AvgIpc) is 2.82. The van der Waals surface area contributed by atoms with Crippen molar-refractivity contribution in [3.05, 3.63) is 54.6 Å². The van der Waals surface area contributed by atoms with Crippen LogP contribution in [0.2, 0.25) is 0 Å². The van der Waals surface area contributed by atoms with Crippen molar-refractivity contribution in [2.24, 2.45) is 0 Å². The van der Waals surface area contributed by atoms with E-state index < -0.39 is 0 Å². The van der Waals surface area contributed by atoms with Crippen LogP contribution < -0.4 is 0 Å². The highest BCUT2D eigenvalue weighted by atomic mass is 32.2. The second kappa shape index (κ2) is 4.54. The Bertz CT molecular complexity index is 632. The molecule has 3 aromatic rings. The highest BCUT2D eigenvalue weighted by Crippen LogP contribution is 2.28. The maximum Gasteiger partial charge on any atom is 0.154 e. The van der Waals surface area contributed by atoms with Gasteiger partial charge < -0.3 is 4.42 Å². The SMILES string of the molecule is C[S+](C)c1ccc(-c2cc3ccccc3o2)cc1. The Balaban J connectivity index is 2.03. The van der Waals surface area contributed by atoms with E-state index in [0.29, 0.717) is 10.9 Å². The Morgan fingerprint density at radius 3 is 2.28 bits per heavy atom. The predicted molar refractivity (Wildman–Crippen MR) is 79.1 cm³/mol. The maximum absolute atomic E-state index is 5.86. The van der Waals surface area contributed by atoms with Crippen molar-refractivity contribution >= 4 is 21.9 Å². The largest absolute Gasteiger partial charge is 0.456 e. The third-order valence-corrected chi connectivity index (χ3v) is 4.25. The molecular formula is C16H15OS+. The lowest BCUT2D eigenvalue weighted by Crippen LogP contribution is -1.94. The highest BCUT2D eigenvalue weighted by Gasteiger charge is 2.10. The zero-order valence-electron chi connectivity index (χ0n) is 10.5. The van der Waals surface area contributed by atoms with E-state index in [4.69, 9.17) is 4.42 Å². The Morgan fingerprint density at radius 2 is 1.61 bits per heavy atom. The fraction of sp³-hybridized carbons (Fsp3) is 0.125. The van der Waals surface area contributed by atoms with Crippen molar-refractivity contribution in [1.82, 2.24) is 0 Å². The monoisotopic (exact) mass is 255 g/mol. The molecule has 0 saturated heterocycles. The van der Waals surface area contributed by atoms with Crippen LogP contribution in [0.15, 0.2) is 63.9 Å². The summed E-state index contributed by atoms with van der Waals surface area (Å²) in [5.74, 6) is 0.940. The third-order valence-electron chi connectivity index (χ3n) is 3.04. The lowest BCUT2D eigenvalue weighted by Gasteiger charge is -1.98. The zero-order chi connectivity index (χ0) is 12.5. The fourth-order valence-electron chi connectivity index (χ4n) is 2.02. The molecule has 0 amide bonds. The molecule has 1 heterocycles. The second-order valence-electron chi connectivity index (χ2n) is 4.49. The van der Waals surface area contributed by atoms with E-state index in [2.05, 4.69) is 48.9 Å². The fourth-order valence-corrected chi connectivity index (χ4v) is 2.70. The molecule has 0 saturated carbocycles. The van der Waals surface area contributed by atoms with Gasteiger partial charge >= 0.3 is 0 Å². The minimum absolute atomic E-state index is 0.311. The molecule has 0 aliphatic carbocycles. The van der Waals surface area contributed by atoms with Gasteiger partial charge in [-0.1, -0.05) is 18.2 Å². The van der Waals surface area contributed by atoms with Gasteiger partial charge in [0.15, 0.2) is 4.90 Å². The first-order valence-corrected chi connectivity index (χ1v) is 7.95. The Labute approximate surface area is 110 Å². The maximum atomic E-state index is 5.86. The Morgan fingerprint density at radius 1 is 0.889 bits per heavy atom. The lowest BCUT2D eigenvalue weighted by molar-refractivity contribution is 0.631. The lowest BCUT2D eigenvalue weighted by atomic mass is 10.1. The molecule has 0 unspecified atom stereocenters. The van der Waals surface area contributed by atoms with Gasteiger partial charge in [-0.3, -0.25) is 0 Å². The Hall–Kier alpha value is -1.67. The van der Waals surface area contributed by atoms with Crippen LogP contribution in [0, 0.1) is 0 Å². The molecule has 0 aliphatic heterocycles. The standard InChI is InChI=1S/C16H15OS/c1-18(2)14-9-7-12(8-10-14)16-11-13-5-3-4-6-15(13)17-16/h3-11H,1-2H3/q+1. The third kappa shape index (κ3) is 2.04. The first kappa shape index (κ1) is 11.4. The molecule has 0 aliphatic rings. The van der Waals surface area contributed by atoms with Crippen LogP contribution in [0.3, 0.4) is 0 Å². The number of para-hydroxylation sites is 1. The van der Waals surface area contributed by atoms with Crippen LogP contribution in [-0.2, 0) is 10.9 Å². The first-order valence-electron chi connectivity index (χ1n) is 5.90. The summed E-state index contributed by atoms with van der Waals surface area (Å²) >= 11 is 0. The molecule has 90 valence electrons. The Kier molecular flexibility index (Phi) is 2.88. The summed E-state index contributed by atoms with van der Waals surface area (Å²) < 4.78 is 5.86. The van der Waals surface area contributed by atoms with Gasteiger partial charge in [0, 0.05) is 21.8 Å². The summed E-state index contributed by atoms with van der Waals surface area (Å²) in [7, 11) is 0.311. The minimum atomic E-state index is 0.311. The van der Waals surface area contributed by atoms with E-state index in [9.17, 15) is 0 Å². The number of hydrogen-bond acceptors (Lipinski definition) is 1. The molecule has 1 nitrogen and oxygen atoms in total. The molecule has 3 rings (SSSR count). The van der Waals surface area contributed by atoms with E-state index in [1.54, 1.807) is 0 Å². The molecule has 0 fully saturated rings. The predicted octanol–water partition coefficient (Wildman–Crippen LogP) is 4.34. The van der Waals surface area contributed by atoms with Crippen molar-refractivity contribution in [3.8, 4) is 11.3 Å². The van der Waals surface area contributed by atoms with Crippen LogP contribution in [0.25, 0.3) is 22.3 Å². The van der Waals surface area contributed by atoms with E-state index in [-0.39, 0.29) is 0 Å². The smallest absolute Gasteiger partial charge is 0.154 e. The number of fused-ring (bicyclic) bond motifs is 1. The molecule has 0 atom stereocenters. The van der Waals surface area contributed by atoms with Crippen molar-refractivity contribution in [1.29, 1.82) is 0 Å². The average molecular weight is 255 g/mol. The van der Waals surface area contributed by atoms with Gasteiger partial charge in [0.2, 0.25) is 0 Å². The quantitative estimate of drug-likeness (QED) is 0.621. The molecule has 2 heteroatoms. The molecule has 2 aromatic carbocycles. The van der Waals surface area contributed by atoms with Crippen molar-refractivity contribution < 1.29 is 4.42 Å². The number of benzene rings is 2. The minimum Gasteiger partial charge on any atom is -0.456 e. The first-order chi connectivity index (χ1) is 8.74. The molecule has 0 spiro atoms. The van der Waals surface area contributed by atoms with Gasteiger partial charge in [-0.25, -0.2) is 0 Å². The van der Waals surface area contributed by atoms with Crippen LogP contribution in [0.4, 0.5) is 0 Å². The van der Waals surface area contributed by atoms with Gasteiger partial charge in [-0.15, -0.1) is 0 Å². The van der Waals surface area contributed by atoms with Gasteiger partial charge in [-0.05, 0) is 36.4 Å². The number of hydrogen-bond donors (Lipinski definition) is 0. The topological polar surface area (TPSA) is 13.1 Å². The normalized spacial score (nSPS) is 11.3. The second-order valence-corrected chi connectivity index (χ2v) is 6.59. The van der Waals surface area contributed by atoms with Crippen molar-refractivity contribution in [3.63, 3.8) is 0 Å². The van der Waals surface area contributed by atoms with Crippen LogP contribution >= 0.6 is 0 Å². The van der Waals surface area contributed by atoms with Crippen molar-refractivity contribution in [2.45, 2.75) is 4.90 Å². The van der Waals surface area contributed by atoms with E-state index >= 15 is 0 Å². The van der Waals surface area contributed by atoms with E-state index in [1.165, 1.54) is 4.90 Å².